The Morgan fingerprint density at radius 3 is 2.71 bits per heavy atom. The van der Waals surface area contributed by atoms with Gasteiger partial charge in [0.25, 0.3) is 0 Å². The highest BCUT2D eigenvalue weighted by Gasteiger charge is 2.10. The summed E-state index contributed by atoms with van der Waals surface area (Å²) in [5, 5.41) is 0. The van der Waals surface area contributed by atoms with Gasteiger partial charge in [0.15, 0.2) is 0 Å². The van der Waals surface area contributed by atoms with Crippen LogP contribution in [0.1, 0.15) is 37.5 Å². The first-order valence-corrected chi connectivity index (χ1v) is 9.71. The van der Waals surface area contributed by atoms with Crippen LogP contribution in [0.3, 0.4) is 0 Å². The van der Waals surface area contributed by atoms with Crippen LogP contribution in [0.4, 0.5) is 0 Å². The number of hydrogen-bond acceptors (Lipinski definition) is 3. The predicted molar refractivity (Wildman–Crippen MR) is 118 cm³/mol. The van der Waals surface area contributed by atoms with Crippen molar-refractivity contribution in [3.8, 4) is 11.5 Å². The molecule has 1 heterocycles. The minimum absolute atomic E-state index is 0.182. The summed E-state index contributed by atoms with van der Waals surface area (Å²) in [5.74, 6) is 1.90. The molecule has 0 bridgehead atoms. The van der Waals surface area contributed by atoms with Gasteiger partial charge >= 0.3 is 0 Å². The molecule has 0 aromatic heterocycles. The average molecular weight is 373 g/mol. The molecule has 0 unspecified atom stereocenters. The van der Waals surface area contributed by atoms with Gasteiger partial charge in [0.1, 0.15) is 11.5 Å². The van der Waals surface area contributed by atoms with Crippen LogP contribution >= 0.6 is 0 Å². The van der Waals surface area contributed by atoms with Crippen molar-refractivity contribution >= 4 is 17.9 Å². The van der Waals surface area contributed by atoms with Crippen molar-refractivity contribution in [2.24, 2.45) is 4.99 Å². The number of rotatable bonds is 7. The summed E-state index contributed by atoms with van der Waals surface area (Å²) in [7, 11) is 0. The maximum Gasteiger partial charge on any atom is 0.122 e. The molecule has 0 saturated heterocycles. The van der Waals surface area contributed by atoms with Gasteiger partial charge in [-0.1, -0.05) is 30.4 Å². The lowest BCUT2D eigenvalue weighted by Crippen LogP contribution is -2.05. The normalized spacial score (nSPS) is 14.4. The van der Waals surface area contributed by atoms with Crippen molar-refractivity contribution in [2.45, 2.75) is 33.3 Å². The van der Waals surface area contributed by atoms with Crippen LogP contribution in [0.5, 0.6) is 11.5 Å². The van der Waals surface area contributed by atoms with E-state index in [1.807, 2.05) is 57.3 Å². The standard InChI is InChI=1S/C25H27NO2/c1-4-21(22-8-10-24(11-9-22)28-19(2)3)6-5-15-26-16-13-20-7-12-25-23(18-20)14-17-27-25/h4-13,15-16,18-19H,14,17H2,1-3H3/b6-5-,16-13+,21-4+,26-15+. The Kier molecular flexibility index (Phi) is 6.85. The minimum atomic E-state index is 0.182. The molecule has 2 aromatic carbocycles. The van der Waals surface area contributed by atoms with Crippen LogP contribution in [0.25, 0.3) is 11.6 Å². The molecule has 0 atom stereocenters. The second-order valence-electron chi connectivity index (χ2n) is 6.87. The highest BCUT2D eigenvalue weighted by molar-refractivity contribution is 5.81. The molecule has 3 rings (SSSR count). The number of ether oxygens (including phenoxy) is 2. The van der Waals surface area contributed by atoms with Crippen LogP contribution in [0.2, 0.25) is 0 Å². The molecule has 0 radical (unpaired) electrons. The molecular formula is C25H27NO2. The zero-order valence-electron chi connectivity index (χ0n) is 16.8. The van der Waals surface area contributed by atoms with Crippen LogP contribution in [0, 0.1) is 0 Å². The number of aliphatic imine (C=N–C) groups is 1. The molecule has 28 heavy (non-hydrogen) atoms. The molecule has 3 heteroatoms. The summed E-state index contributed by atoms with van der Waals surface area (Å²) >= 11 is 0. The monoisotopic (exact) mass is 373 g/mol. The topological polar surface area (TPSA) is 30.8 Å². The van der Waals surface area contributed by atoms with Crippen LogP contribution in [0.15, 0.2) is 71.9 Å². The number of allylic oxidation sites excluding steroid dienone is 4. The molecule has 0 aliphatic carbocycles. The third-order valence-corrected chi connectivity index (χ3v) is 4.38. The molecule has 2 aromatic rings. The van der Waals surface area contributed by atoms with Crippen LogP contribution in [-0.2, 0) is 6.42 Å². The van der Waals surface area contributed by atoms with Gasteiger partial charge in [0.05, 0.1) is 12.7 Å². The van der Waals surface area contributed by atoms with Crippen LogP contribution < -0.4 is 9.47 Å². The van der Waals surface area contributed by atoms with Gasteiger partial charge in [-0.25, -0.2) is 0 Å². The minimum Gasteiger partial charge on any atom is -0.493 e. The van der Waals surface area contributed by atoms with E-state index in [-0.39, 0.29) is 6.10 Å². The van der Waals surface area contributed by atoms with E-state index in [9.17, 15) is 0 Å². The van der Waals surface area contributed by atoms with Crippen molar-refractivity contribution in [3.05, 3.63) is 83.6 Å². The van der Waals surface area contributed by atoms with E-state index in [4.69, 9.17) is 9.47 Å². The molecule has 3 nitrogen and oxygen atoms in total. The maximum atomic E-state index is 5.70. The number of hydrogen-bond donors (Lipinski definition) is 0. The molecule has 0 fully saturated rings. The highest BCUT2D eigenvalue weighted by Crippen LogP contribution is 2.26. The molecule has 0 N–H and O–H groups in total. The SMILES string of the molecule is C\C=C(/C=C\C=N\C=C\c1ccc2c(c1)CCO2)c1ccc(OC(C)C)cc1. The Hall–Kier alpha value is -3.07. The summed E-state index contributed by atoms with van der Waals surface area (Å²) in [4.78, 5) is 4.34. The van der Waals surface area contributed by atoms with E-state index >= 15 is 0 Å². The van der Waals surface area contributed by atoms with Gasteiger partial charge in [-0.15, -0.1) is 0 Å². The lowest BCUT2D eigenvalue weighted by atomic mass is 10.1. The third-order valence-electron chi connectivity index (χ3n) is 4.38. The van der Waals surface area contributed by atoms with Crippen molar-refractivity contribution < 1.29 is 9.47 Å². The van der Waals surface area contributed by atoms with E-state index in [0.717, 1.165) is 41.2 Å². The molecule has 0 spiro atoms. The van der Waals surface area contributed by atoms with Gasteiger partial charge in [0, 0.05) is 18.8 Å². The van der Waals surface area contributed by atoms with Crippen molar-refractivity contribution in [1.82, 2.24) is 0 Å². The fraction of sp³-hybridized carbons (Fsp3) is 0.240. The highest BCUT2D eigenvalue weighted by atomic mass is 16.5. The Morgan fingerprint density at radius 2 is 1.96 bits per heavy atom. The van der Waals surface area contributed by atoms with E-state index in [2.05, 4.69) is 41.4 Å². The summed E-state index contributed by atoms with van der Waals surface area (Å²) < 4.78 is 11.2. The molecule has 144 valence electrons. The van der Waals surface area contributed by atoms with Crippen LogP contribution in [-0.4, -0.2) is 18.9 Å². The first kappa shape index (κ1) is 19.7. The maximum absolute atomic E-state index is 5.70. The summed E-state index contributed by atoms with van der Waals surface area (Å²) in [5.41, 5.74) is 4.71. The van der Waals surface area contributed by atoms with E-state index in [0.29, 0.717) is 0 Å². The Bertz CT molecular complexity index is 903. The smallest absolute Gasteiger partial charge is 0.122 e. The van der Waals surface area contributed by atoms with E-state index in [1.54, 1.807) is 6.21 Å². The lowest BCUT2D eigenvalue weighted by molar-refractivity contribution is 0.242. The second-order valence-corrected chi connectivity index (χ2v) is 6.87. The van der Waals surface area contributed by atoms with Crippen molar-refractivity contribution in [3.63, 3.8) is 0 Å². The average Bonchev–Trinajstić information content (AvgIpc) is 3.16. The van der Waals surface area contributed by atoms with Gasteiger partial charge < -0.3 is 9.47 Å². The first-order chi connectivity index (χ1) is 13.7. The predicted octanol–water partition coefficient (Wildman–Crippen LogP) is 6.11. The molecule has 0 amide bonds. The summed E-state index contributed by atoms with van der Waals surface area (Å²) in [6.45, 7) is 6.88. The Morgan fingerprint density at radius 1 is 1.14 bits per heavy atom. The lowest BCUT2D eigenvalue weighted by Gasteiger charge is -2.10. The quantitative estimate of drug-likeness (QED) is 0.433. The number of fused-ring (bicyclic) bond motifs is 1. The molecule has 1 aliphatic heterocycles. The van der Waals surface area contributed by atoms with Gasteiger partial charge in [0.2, 0.25) is 0 Å². The number of benzene rings is 2. The van der Waals surface area contributed by atoms with Gasteiger partial charge in [-0.3, -0.25) is 4.99 Å². The molecular weight excluding hydrogens is 346 g/mol. The third kappa shape index (κ3) is 5.46. The zero-order chi connectivity index (χ0) is 19.8. The largest absolute Gasteiger partial charge is 0.493 e. The Labute approximate surface area is 167 Å². The summed E-state index contributed by atoms with van der Waals surface area (Å²) in [6, 6.07) is 14.4. The summed E-state index contributed by atoms with van der Waals surface area (Å²) in [6.07, 6.45) is 12.9. The van der Waals surface area contributed by atoms with Crippen molar-refractivity contribution in [1.29, 1.82) is 0 Å². The van der Waals surface area contributed by atoms with E-state index < -0.39 is 0 Å². The Balaban J connectivity index is 1.56. The van der Waals surface area contributed by atoms with Gasteiger partial charge in [-0.05, 0) is 79.5 Å². The zero-order valence-corrected chi connectivity index (χ0v) is 16.8. The molecule has 1 aliphatic rings. The fourth-order valence-electron chi connectivity index (χ4n) is 3.04. The first-order valence-electron chi connectivity index (χ1n) is 9.71. The fourth-order valence-corrected chi connectivity index (χ4v) is 3.04. The van der Waals surface area contributed by atoms with Crippen molar-refractivity contribution in [2.75, 3.05) is 6.61 Å². The van der Waals surface area contributed by atoms with Gasteiger partial charge in [-0.2, -0.15) is 0 Å². The number of nitrogens with zero attached hydrogens (tertiary/aromatic N) is 1. The second kappa shape index (κ2) is 9.75. The molecule has 0 saturated carbocycles. The van der Waals surface area contributed by atoms with E-state index in [1.165, 1.54) is 5.56 Å².